The second kappa shape index (κ2) is 6.62. The molecular formula is C13H16N2O. The van der Waals surface area contributed by atoms with Gasteiger partial charge in [-0.25, -0.2) is 0 Å². The Hall–Kier alpha value is -1.82. The van der Waals surface area contributed by atoms with Gasteiger partial charge in [0, 0.05) is 13.0 Å². The van der Waals surface area contributed by atoms with E-state index in [1.165, 1.54) is 11.1 Å². The summed E-state index contributed by atoms with van der Waals surface area (Å²) in [7, 11) is 0. The predicted molar refractivity (Wildman–Crippen MR) is 62.7 cm³/mol. The highest BCUT2D eigenvalue weighted by atomic mass is 16.1. The van der Waals surface area contributed by atoms with Crippen molar-refractivity contribution < 1.29 is 4.79 Å². The van der Waals surface area contributed by atoms with Crippen molar-refractivity contribution in [2.75, 3.05) is 6.54 Å². The maximum atomic E-state index is 11.4. The Balaban J connectivity index is 2.29. The van der Waals surface area contributed by atoms with Gasteiger partial charge in [-0.15, -0.1) is 0 Å². The van der Waals surface area contributed by atoms with Crippen LogP contribution in [0.25, 0.3) is 0 Å². The molecule has 0 atom stereocenters. The van der Waals surface area contributed by atoms with Gasteiger partial charge in [-0.05, 0) is 18.9 Å². The van der Waals surface area contributed by atoms with E-state index in [-0.39, 0.29) is 5.91 Å². The van der Waals surface area contributed by atoms with Crippen molar-refractivity contribution >= 4 is 5.91 Å². The van der Waals surface area contributed by atoms with Gasteiger partial charge in [-0.1, -0.05) is 29.8 Å². The molecule has 1 rings (SSSR count). The minimum Gasteiger partial charge on any atom is -0.355 e. The maximum Gasteiger partial charge on any atom is 0.220 e. The molecule has 0 aliphatic carbocycles. The van der Waals surface area contributed by atoms with Crippen LogP contribution in [-0.4, -0.2) is 12.5 Å². The molecular weight excluding hydrogens is 200 g/mol. The number of rotatable bonds is 5. The number of carbonyl (C=O) groups is 1. The highest BCUT2D eigenvalue weighted by molar-refractivity contribution is 5.76. The van der Waals surface area contributed by atoms with Crippen LogP contribution in [0.1, 0.15) is 24.0 Å². The van der Waals surface area contributed by atoms with E-state index in [1.54, 1.807) is 0 Å². The molecule has 16 heavy (non-hydrogen) atoms. The number of amides is 1. The van der Waals surface area contributed by atoms with Crippen LogP contribution in [0, 0.1) is 18.3 Å². The lowest BCUT2D eigenvalue weighted by atomic mass is 10.1. The second-order valence-corrected chi connectivity index (χ2v) is 3.75. The summed E-state index contributed by atoms with van der Waals surface area (Å²) >= 11 is 0. The van der Waals surface area contributed by atoms with Crippen molar-refractivity contribution in [2.45, 2.75) is 26.2 Å². The molecule has 1 aromatic rings. The lowest BCUT2D eigenvalue weighted by molar-refractivity contribution is -0.121. The Morgan fingerprint density at radius 2 is 2.31 bits per heavy atom. The predicted octanol–water partition coefficient (Wildman–Crippen LogP) is 1.96. The van der Waals surface area contributed by atoms with Crippen LogP contribution in [0.4, 0.5) is 0 Å². The molecule has 0 aliphatic rings. The van der Waals surface area contributed by atoms with Crippen molar-refractivity contribution in [1.29, 1.82) is 5.26 Å². The molecule has 3 nitrogen and oxygen atoms in total. The minimum absolute atomic E-state index is 0.0109. The van der Waals surface area contributed by atoms with Crippen molar-refractivity contribution in [3.05, 3.63) is 35.4 Å². The molecule has 3 heteroatoms. The number of aryl methyl sites for hydroxylation is 2. The first-order valence-electron chi connectivity index (χ1n) is 5.41. The molecule has 0 heterocycles. The van der Waals surface area contributed by atoms with Crippen molar-refractivity contribution in [3.8, 4) is 6.07 Å². The first kappa shape index (κ1) is 12.3. The third kappa shape index (κ3) is 4.61. The van der Waals surface area contributed by atoms with Gasteiger partial charge in [-0.3, -0.25) is 4.79 Å². The average molecular weight is 216 g/mol. The van der Waals surface area contributed by atoms with Crippen LogP contribution in [-0.2, 0) is 11.2 Å². The highest BCUT2D eigenvalue weighted by Gasteiger charge is 2.01. The van der Waals surface area contributed by atoms with E-state index < -0.39 is 0 Å². The lowest BCUT2D eigenvalue weighted by Gasteiger charge is -2.03. The van der Waals surface area contributed by atoms with E-state index in [9.17, 15) is 4.79 Å². The van der Waals surface area contributed by atoms with E-state index in [2.05, 4.69) is 11.4 Å². The van der Waals surface area contributed by atoms with Crippen LogP contribution in [0.3, 0.4) is 0 Å². The molecule has 84 valence electrons. The molecule has 1 amide bonds. The fourth-order valence-corrected chi connectivity index (χ4v) is 1.47. The summed E-state index contributed by atoms with van der Waals surface area (Å²) in [6, 6.07) is 10.1. The zero-order chi connectivity index (χ0) is 11.8. The molecule has 0 fully saturated rings. The SMILES string of the molecule is Cc1cccc(CCC(=O)NCCC#N)c1. The maximum absolute atomic E-state index is 11.4. The Kier molecular flexibility index (Phi) is 5.07. The van der Waals surface area contributed by atoms with Gasteiger partial charge < -0.3 is 5.32 Å². The Bertz CT molecular complexity index is 393. The quantitative estimate of drug-likeness (QED) is 0.765. The highest BCUT2D eigenvalue weighted by Crippen LogP contribution is 2.06. The van der Waals surface area contributed by atoms with E-state index in [1.807, 2.05) is 31.2 Å². The normalized spacial score (nSPS) is 9.50. The van der Waals surface area contributed by atoms with Gasteiger partial charge in [0.15, 0.2) is 0 Å². The Labute approximate surface area is 96.1 Å². The van der Waals surface area contributed by atoms with Crippen LogP contribution >= 0.6 is 0 Å². The van der Waals surface area contributed by atoms with Crippen molar-refractivity contribution in [2.24, 2.45) is 0 Å². The molecule has 0 spiro atoms. The molecule has 0 saturated carbocycles. The fraction of sp³-hybridized carbons (Fsp3) is 0.385. The summed E-state index contributed by atoms with van der Waals surface area (Å²) < 4.78 is 0. The van der Waals surface area contributed by atoms with E-state index >= 15 is 0 Å². The first-order chi connectivity index (χ1) is 7.72. The third-order valence-electron chi connectivity index (χ3n) is 2.28. The molecule has 0 unspecified atom stereocenters. The monoisotopic (exact) mass is 216 g/mol. The van der Waals surface area contributed by atoms with Crippen LogP contribution in [0.2, 0.25) is 0 Å². The molecule has 0 aromatic heterocycles. The number of hydrogen-bond acceptors (Lipinski definition) is 2. The molecule has 0 aliphatic heterocycles. The van der Waals surface area contributed by atoms with Crippen LogP contribution in [0.15, 0.2) is 24.3 Å². The fourth-order valence-electron chi connectivity index (χ4n) is 1.47. The molecule has 0 bridgehead atoms. The summed E-state index contributed by atoms with van der Waals surface area (Å²) in [5, 5.41) is 11.0. The van der Waals surface area contributed by atoms with Gasteiger partial charge in [0.1, 0.15) is 0 Å². The van der Waals surface area contributed by atoms with Crippen molar-refractivity contribution in [3.63, 3.8) is 0 Å². The molecule has 1 N–H and O–H groups in total. The summed E-state index contributed by atoms with van der Waals surface area (Å²) in [6.07, 6.45) is 1.60. The molecule has 1 aromatic carbocycles. The van der Waals surface area contributed by atoms with E-state index in [0.29, 0.717) is 19.4 Å². The molecule has 0 saturated heterocycles. The second-order valence-electron chi connectivity index (χ2n) is 3.75. The van der Waals surface area contributed by atoms with E-state index in [4.69, 9.17) is 5.26 Å². The van der Waals surface area contributed by atoms with Gasteiger partial charge in [0.05, 0.1) is 12.5 Å². The minimum atomic E-state index is 0.0109. The first-order valence-corrected chi connectivity index (χ1v) is 5.41. The topological polar surface area (TPSA) is 52.9 Å². The van der Waals surface area contributed by atoms with Gasteiger partial charge in [-0.2, -0.15) is 5.26 Å². The lowest BCUT2D eigenvalue weighted by Crippen LogP contribution is -2.24. The number of benzene rings is 1. The summed E-state index contributed by atoms with van der Waals surface area (Å²) in [5.74, 6) is 0.0109. The van der Waals surface area contributed by atoms with Crippen LogP contribution in [0.5, 0.6) is 0 Å². The largest absolute Gasteiger partial charge is 0.355 e. The molecule has 0 radical (unpaired) electrons. The van der Waals surface area contributed by atoms with Gasteiger partial charge in [0.25, 0.3) is 0 Å². The smallest absolute Gasteiger partial charge is 0.220 e. The summed E-state index contributed by atoms with van der Waals surface area (Å²) in [4.78, 5) is 11.4. The van der Waals surface area contributed by atoms with Gasteiger partial charge in [0.2, 0.25) is 5.91 Å². The number of nitriles is 1. The number of nitrogens with zero attached hydrogens (tertiary/aromatic N) is 1. The Morgan fingerprint density at radius 3 is 3.00 bits per heavy atom. The summed E-state index contributed by atoms with van der Waals surface area (Å²) in [6.45, 7) is 2.49. The standard InChI is InChI=1S/C13H16N2O/c1-11-4-2-5-12(10-11)6-7-13(16)15-9-3-8-14/h2,4-5,10H,3,6-7,9H2,1H3,(H,15,16). The third-order valence-corrected chi connectivity index (χ3v) is 2.28. The van der Waals surface area contributed by atoms with E-state index in [0.717, 1.165) is 6.42 Å². The van der Waals surface area contributed by atoms with Gasteiger partial charge >= 0.3 is 0 Å². The Morgan fingerprint density at radius 1 is 1.50 bits per heavy atom. The number of hydrogen-bond donors (Lipinski definition) is 1. The summed E-state index contributed by atoms with van der Waals surface area (Å²) in [5.41, 5.74) is 2.39. The number of carbonyl (C=O) groups excluding carboxylic acids is 1. The zero-order valence-corrected chi connectivity index (χ0v) is 9.49. The average Bonchev–Trinajstić information content (AvgIpc) is 2.27. The zero-order valence-electron chi connectivity index (χ0n) is 9.49. The number of nitrogens with one attached hydrogen (secondary N) is 1. The van der Waals surface area contributed by atoms with Crippen molar-refractivity contribution in [1.82, 2.24) is 5.32 Å². The van der Waals surface area contributed by atoms with Crippen LogP contribution < -0.4 is 5.32 Å².